The van der Waals surface area contributed by atoms with Crippen molar-refractivity contribution < 1.29 is 12.8 Å². The fourth-order valence-corrected chi connectivity index (χ4v) is 6.72. The summed E-state index contributed by atoms with van der Waals surface area (Å²) in [6.45, 7) is 1.62. The van der Waals surface area contributed by atoms with E-state index < -0.39 is 15.8 Å². The summed E-state index contributed by atoms with van der Waals surface area (Å²) in [4.78, 5) is 17.7. The van der Waals surface area contributed by atoms with Crippen molar-refractivity contribution in [2.45, 2.75) is 19.5 Å². The lowest BCUT2D eigenvalue weighted by atomic mass is 9.96. The van der Waals surface area contributed by atoms with Crippen LogP contribution in [0.1, 0.15) is 23.2 Å². The Kier molecular flexibility index (Phi) is 7.27. The Hall–Kier alpha value is -5.04. The molecular formula is C35H31FN8O2S. The van der Waals surface area contributed by atoms with E-state index in [1.54, 1.807) is 18.3 Å². The molecule has 2 aliphatic carbocycles. The summed E-state index contributed by atoms with van der Waals surface area (Å²) in [5.41, 5.74) is 9.33. The highest BCUT2D eigenvalue weighted by Crippen LogP contribution is 2.50. The number of pyridine rings is 2. The summed E-state index contributed by atoms with van der Waals surface area (Å²) < 4.78 is 40.2. The summed E-state index contributed by atoms with van der Waals surface area (Å²) in [6, 6.07) is 20.6. The molecule has 6 aromatic rings. The first-order valence-electron chi connectivity index (χ1n) is 15.4. The van der Waals surface area contributed by atoms with Crippen LogP contribution in [0.4, 0.5) is 4.39 Å². The smallest absolute Gasteiger partial charge is 0.209 e. The van der Waals surface area contributed by atoms with E-state index in [-0.39, 0.29) is 6.54 Å². The summed E-state index contributed by atoms with van der Waals surface area (Å²) in [5.74, 6) is 1.13. The largest absolute Gasteiger partial charge is 0.336 e. The zero-order valence-electron chi connectivity index (χ0n) is 25.5. The van der Waals surface area contributed by atoms with Gasteiger partial charge in [0.2, 0.25) is 10.0 Å². The molecule has 1 saturated carbocycles. The van der Waals surface area contributed by atoms with E-state index >= 15 is 0 Å². The zero-order chi connectivity index (χ0) is 32.1. The standard InChI is InChI=1S/C35H31FN8O2S/c1-47(45,46)39-18-21-11-24(15-26(36)12-21)31-32-29(9-10-38-31)41-35(42-32)34-33-30(43-44-34)8-7-28(40-33)23-13-22-16-27(22)25(14-23)19-37-17-20-5-3-2-4-6-20/h2-15,22,27,37,39H,16-19H2,1H3,(H,41,42)(H,43,44)/t22-,27?/m1/s1. The number of H-pyrrole nitrogens is 2. The van der Waals surface area contributed by atoms with Gasteiger partial charge in [0.15, 0.2) is 11.5 Å². The van der Waals surface area contributed by atoms with Gasteiger partial charge < -0.3 is 10.3 Å². The van der Waals surface area contributed by atoms with E-state index in [0.717, 1.165) is 42.5 Å². The maximum absolute atomic E-state index is 14.6. The van der Waals surface area contributed by atoms with Crippen LogP contribution in [-0.4, -0.2) is 51.4 Å². The van der Waals surface area contributed by atoms with Gasteiger partial charge >= 0.3 is 0 Å². The van der Waals surface area contributed by atoms with E-state index in [0.29, 0.717) is 56.7 Å². The molecule has 1 fully saturated rings. The van der Waals surface area contributed by atoms with E-state index in [2.05, 4.69) is 66.6 Å². The Balaban J connectivity index is 1.09. The number of sulfonamides is 1. The van der Waals surface area contributed by atoms with E-state index in [1.807, 2.05) is 18.2 Å². The molecule has 2 atom stereocenters. The van der Waals surface area contributed by atoms with E-state index in [4.69, 9.17) is 9.97 Å². The summed E-state index contributed by atoms with van der Waals surface area (Å²) >= 11 is 0. The predicted molar refractivity (Wildman–Crippen MR) is 180 cm³/mol. The maximum atomic E-state index is 14.6. The molecule has 10 nitrogen and oxygen atoms in total. The first-order valence-corrected chi connectivity index (χ1v) is 17.3. The number of allylic oxidation sites excluding steroid dienone is 3. The second-order valence-corrected chi connectivity index (χ2v) is 14.0. The maximum Gasteiger partial charge on any atom is 0.209 e. The van der Waals surface area contributed by atoms with Crippen molar-refractivity contribution in [2.24, 2.45) is 11.8 Å². The van der Waals surface area contributed by atoms with Gasteiger partial charge in [-0.2, -0.15) is 5.10 Å². The van der Waals surface area contributed by atoms with Crippen molar-refractivity contribution >= 4 is 37.7 Å². The van der Waals surface area contributed by atoms with Crippen molar-refractivity contribution in [3.05, 3.63) is 113 Å². The van der Waals surface area contributed by atoms with Crippen LogP contribution in [-0.2, 0) is 23.1 Å². The molecule has 2 aliphatic rings. The number of rotatable bonds is 10. The van der Waals surface area contributed by atoms with Crippen LogP contribution in [0.2, 0.25) is 0 Å². The molecule has 236 valence electrons. The molecule has 0 amide bonds. The molecule has 0 saturated heterocycles. The van der Waals surface area contributed by atoms with Crippen molar-refractivity contribution in [3.63, 3.8) is 0 Å². The average molecular weight is 647 g/mol. The van der Waals surface area contributed by atoms with Gasteiger partial charge in [0, 0.05) is 31.4 Å². The second kappa shape index (κ2) is 11.6. The van der Waals surface area contributed by atoms with Crippen molar-refractivity contribution in [3.8, 4) is 22.8 Å². The minimum Gasteiger partial charge on any atom is -0.336 e. The van der Waals surface area contributed by atoms with E-state index in [9.17, 15) is 12.8 Å². The Bertz CT molecular complexity index is 2330. The van der Waals surface area contributed by atoms with Gasteiger partial charge in [0.05, 0.1) is 28.7 Å². The molecule has 1 unspecified atom stereocenters. The number of aromatic amines is 2. The van der Waals surface area contributed by atoms with Crippen LogP contribution in [0, 0.1) is 17.7 Å². The summed E-state index contributed by atoms with van der Waals surface area (Å²) in [6.07, 6.45) is 8.45. The van der Waals surface area contributed by atoms with Crippen LogP contribution in [0.5, 0.6) is 0 Å². The number of hydrogen-bond acceptors (Lipinski definition) is 7. The Morgan fingerprint density at radius 3 is 2.62 bits per heavy atom. The van der Waals surface area contributed by atoms with Gasteiger partial charge in [-0.25, -0.2) is 27.5 Å². The minimum atomic E-state index is -3.45. The summed E-state index contributed by atoms with van der Waals surface area (Å²) in [5, 5.41) is 11.2. The third-order valence-electron chi connectivity index (χ3n) is 8.65. The Morgan fingerprint density at radius 2 is 1.77 bits per heavy atom. The first kappa shape index (κ1) is 29.4. The highest BCUT2D eigenvalue weighted by Gasteiger charge is 2.40. The van der Waals surface area contributed by atoms with Crippen LogP contribution in [0.25, 0.3) is 50.4 Å². The molecule has 8 rings (SSSR count). The molecule has 0 aliphatic heterocycles. The number of nitrogens with zero attached hydrogens (tertiary/aromatic N) is 4. The lowest BCUT2D eigenvalue weighted by molar-refractivity contribution is 0.586. The number of aromatic nitrogens is 6. The van der Waals surface area contributed by atoms with Crippen molar-refractivity contribution in [1.82, 2.24) is 40.2 Å². The molecule has 4 heterocycles. The molecule has 4 N–H and O–H groups in total. The van der Waals surface area contributed by atoms with Crippen LogP contribution in [0.3, 0.4) is 0 Å². The monoisotopic (exact) mass is 646 g/mol. The number of fused-ring (bicyclic) bond motifs is 3. The molecular weight excluding hydrogens is 616 g/mol. The Labute approximate surface area is 270 Å². The second-order valence-electron chi connectivity index (χ2n) is 12.2. The molecule has 4 aromatic heterocycles. The topological polar surface area (TPSA) is 141 Å². The van der Waals surface area contributed by atoms with Crippen LogP contribution < -0.4 is 10.0 Å². The van der Waals surface area contributed by atoms with Gasteiger partial charge in [-0.05, 0) is 71.4 Å². The highest BCUT2D eigenvalue weighted by atomic mass is 32.2. The zero-order valence-corrected chi connectivity index (χ0v) is 26.3. The average Bonchev–Trinajstić information content (AvgIpc) is 3.53. The van der Waals surface area contributed by atoms with Crippen molar-refractivity contribution in [1.29, 1.82) is 0 Å². The Morgan fingerprint density at radius 1 is 0.915 bits per heavy atom. The fourth-order valence-electron chi connectivity index (χ4n) is 6.29. The van der Waals surface area contributed by atoms with E-state index in [1.165, 1.54) is 23.3 Å². The first-order chi connectivity index (χ1) is 22.8. The fraction of sp³-hybridized carbons (Fsp3) is 0.200. The quantitative estimate of drug-likeness (QED) is 0.154. The predicted octanol–water partition coefficient (Wildman–Crippen LogP) is 5.50. The van der Waals surface area contributed by atoms with Gasteiger partial charge in [-0.1, -0.05) is 48.1 Å². The number of imidazole rings is 1. The van der Waals surface area contributed by atoms with Gasteiger partial charge in [0.25, 0.3) is 0 Å². The normalized spacial score (nSPS) is 17.5. The molecule has 0 spiro atoms. The van der Waals surface area contributed by atoms with Crippen molar-refractivity contribution in [2.75, 3.05) is 12.8 Å². The van der Waals surface area contributed by atoms with Crippen LogP contribution >= 0.6 is 0 Å². The molecule has 2 aromatic carbocycles. The number of nitrogens with one attached hydrogen (secondary N) is 4. The third kappa shape index (κ3) is 6.10. The lowest BCUT2D eigenvalue weighted by Crippen LogP contribution is -2.21. The minimum absolute atomic E-state index is 0.0443. The lowest BCUT2D eigenvalue weighted by Gasteiger charge is -2.14. The number of halogens is 1. The molecule has 0 bridgehead atoms. The molecule has 12 heteroatoms. The van der Waals surface area contributed by atoms with Gasteiger partial charge in [0.1, 0.15) is 16.9 Å². The molecule has 0 radical (unpaired) electrons. The highest BCUT2D eigenvalue weighted by molar-refractivity contribution is 7.88. The van der Waals surface area contributed by atoms with Gasteiger partial charge in [-0.3, -0.25) is 10.1 Å². The van der Waals surface area contributed by atoms with Gasteiger partial charge in [-0.15, -0.1) is 0 Å². The third-order valence-corrected chi connectivity index (χ3v) is 9.32. The SMILES string of the molecule is CS(=O)(=O)NCc1cc(F)cc(-c2nccc3[nH]c(-c4n[nH]c5ccc(C6=C[C@@H]7CC7C(CNCc7ccccc7)=C6)nc45)nc23)c1. The summed E-state index contributed by atoms with van der Waals surface area (Å²) in [7, 11) is -3.45. The number of hydrogen-bond donors (Lipinski definition) is 4. The number of benzene rings is 2. The van der Waals surface area contributed by atoms with Crippen LogP contribution in [0.15, 0.2) is 90.7 Å². The molecule has 47 heavy (non-hydrogen) atoms.